The predicted octanol–water partition coefficient (Wildman–Crippen LogP) is 3.18. The van der Waals surface area contributed by atoms with Crippen LogP contribution in [0.1, 0.15) is 56.9 Å². The monoisotopic (exact) mass is 399 g/mol. The smallest absolute Gasteiger partial charge is 0.230 e. The van der Waals surface area contributed by atoms with Crippen LogP contribution in [-0.2, 0) is 10.2 Å². The lowest BCUT2D eigenvalue weighted by molar-refractivity contribution is -0.127. The van der Waals surface area contributed by atoms with Crippen LogP contribution in [0.15, 0.2) is 24.3 Å². The quantitative estimate of drug-likeness (QED) is 0.826. The van der Waals surface area contributed by atoms with E-state index in [1.54, 1.807) is 7.11 Å². The SMILES string of the molecule is COc1ccc(C2(C(=O)NC3CCCN(C4CCN(C)CC4)C3)CCCC2)cc1. The van der Waals surface area contributed by atoms with Gasteiger partial charge in [0.2, 0.25) is 5.91 Å². The van der Waals surface area contributed by atoms with Crippen LogP contribution >= 0.6 is 0 Å². The second kappa shape index (κ2) is 9.05. The molecular formula is C24H37N3O2. The van der Waals surface area contributed by atoms with E-state index in [0.717, 1.165) is 50.0 Å². The molecule has 2 aliphatic heterocycles. The number of likely N-dealkylation sites (tertiary alicyclic amines) is 2. The Morgan fingerprint density at radius 1 is 1.03 bits per heavy atom. The summed E-state index contributed by atoms with van der Waals surface area (Å²) in [6.45, 7) is 4.58. The minimum Gasteiger partial charge on any atom is -0.497 e. The minimum absolute atomic E-state index is 0.246. The van der Waals surface area contributed by atoms with Crippen molar-refractivity contribution < 1.29 is 9.53 Å². The first-order valence-electron chi connectivity index (χ1n) is 11.5. The van der Waals surface area contributed by atoms with Crippen LogP contribution in [0.4, 0.5) is 0 Å². The fourth-order valence-corrected chi connectivity index (χ4v) is 5.67. The molecule has 0 spiro atoms. The third-order valence-electron chi connectivity index (χ3n) is 7.53. The Hall–Kier alpha value is -1.59. The van der Waals surface area contributed by atoms with Crippen molar-refractivity contribution in [3.63, 3.8) is 0 Å². The number of ether oxygens (including phenoxy) is 1. The molecule has 5 heteroatoms. The summed E-state index contributed by atoms with van der Waals surface area (Å²) in [5.74, 6) is 1.10. The van der Waals surface area contributed by atoms with Crippen molar-refractivity contribution in [2.45, 2.75) is 68.9 Å². The fraction of sp³-hybridized carbons (Fsp3) is 0.708. The number of carbonyl (C=O) groups is 1. The van der Waals surface area contributed by atoms with Gasteiger partial charge in [-0.2, -0.15) is 0 Å². The lowest BCUT2D eigenvalue weighted by Gasteiger charge is -2.42. The first-order chi connectivity index (χ1) is 14.1. The topological polar surface area (TPSA) is 44.8 Å². The van der Waals surface area contributed by atoms with Crippen LogP contribution in [0.5, 0.6) is 5.75 Å². The van der Waals surface area contributed by atoms with E-state index in [1.165, 1.54) is 38.9 Å². The molecule has 0 radical (unpaired) electrons. The van der Waals surface area contributed by atoms with Crippen LogP contribution in [0.3, 0.4) is 0 Å². The molecule has 1 aromatic rings. The van der Waals surface area contributed by atoms with Crippen LogP contribution in [0.2, 0.25) is 0 Å². The lowest BCUT2D eigenvalue weighted by Crippen LogP contribution is -2.55. The lowest BCUT2D eigenvalue weighted by atomic mass is 9.77. The van der Waals surface area contributed by atoms with Crippen LogP contribution < -0.4 is 10.1 Å². The third-order valence-corrected chi connectivity index (χ3v) is 7.53. The molecule has 5 nitrogen and oxygen atoms in total. The molecule has 2 heterocycles. The minimum atomic E-state index is -0.359. The molecule has 0 bridgehead atoms. The van der Waals surface area contributed by atoms with Crippen molar-refractivity contribution >= 4 is 5.91 Å². The summed E-state index contributed by atoms with van der Waals surface area (Å²) in [5, 5.41) is 3.48. The largest absolute Gasteiger partial charge is 0.497 e. The Bertz CT molecular complexity index is 676. The van der Waals surface area contributed by atoms with E-state index < -0.39 is 0 Å². The van der Waals surface area contributed by atoms with Crippen LogP contribution in [0, 0.1) is 0 Å². The van der Waals surface area contributed by atoms with E-state index in [9.17, 15) is 4.79 Å². The molecule has 0 aromatic heterocycles. The molecule has 2 saturated heterocycles. The van der Waals surface area contributed by atoms with E-state index in [4.69, 9.17) is 4.74 Å². The summed E-state index contributed by atoms with van der Waals surface area (Å²) in [6, 6.07) is 9.14. The van der Waals surface area contributed by atoms with E-state index in [-0.39, 0.29) is 17.4 Å². The maximum atomic E-state index is 13.5. The van der Waals surface area contributed by atoms with Crippen molar-refractivity contribution in [3.8, 4) is 5.75 Å². The first kappa shape index (κ1) is 20.7. The van der Waals surface area contributed by atoms with Gasteiger partial charge in [-0.15, -0.1) is 0 Å². The molecule has 4 rings (SSSR count). The summed E-state index contributed by atoms with van der Waals surface area (Å²) >= 11 is 0. The Morgan fingerprint density at radius 3 is 2.38 bits per heavy atom. The molecule has 1 N–H and O–H groups in total. The van der Waals surface area contributed by atoms with Crippen molar-refractivity contribution in [3.05, 3.63) is 29.8 Å². The van der Waals surface area contributed by atoms with Gasteiger partial charge >= 0.3 is 0 Å². The highest BCUT2D eigenvalue weighted by molar-refractivity contribution is 5.89. The van der Waals surface area contributed by atoms with Crippen molar-refractivity contribution in [1.29, 1.82) is 0 Å². The number of hydrogen-bond donors (Lipinski definition) is 1. The predicted molar refractivity (Wildman–Crippen MR) is 116 cm³/mol. The van der Waals surface area contributed by atoms with Crippen LogP contribution in [0.25, 0.3) is 0 Å². The standard InChI is InChI=1S/C24H37N3O2/c1-26-16-11-21(12-17-26)27-15-5-6-20(18-27)25-23(28)24(13-3-4-14-24)19-7-9-22(29-2)10-8-19/h7-10,20-21H,3-6,11-18H2,1-2H3,(H,25,28). The average Bonchev–Trinajstić information content (AvgIpc) is 3.26. The second-order valence-corrected chi connectivity index (χ2v) is 9.36. The highest BCUT2D eigenvalue weighted by Crippen LogP contribution is 2.42. The summed E-state index contributed by atoms with van der Waals surface area (Å²) < 4.78 is 5.31. The molecule has 1 aromatic carbocycles. The molecule has 1 saturated carbocycles. The summed E-state index contributed by atoms with van der Waals surface area (Å²) in [5.41, 5.74) is 0.790. The Kier molecular flexibility index (Phi) is 6.45. The molecule has 3 aliphatic rings. The van der Waals surface area contributed by atoms with Crippen molar-refractivity contribution in [2.24, 2.45) is 0 Å². The Labute approximate surface area is 175 Å². The zero-order valence-electron chi connectivity index (χ0n) is 18.2. The number of nitrogens with one attached hydrogen (secondary N) is 1. The highest BCUT2D eigenvalue weighted by Gasteiger charge is 2.43. The van der Waals surface area contributed by atoms with Gasteiger partial charge in [0.15, 0.2) is 0 Å². The van der Waals surface area contributed by atoms with Gasteiger partial charge in [-0.05, 0) is 82.9 Å². The van der Waals surface area contributed by atoms with Crippen LogP contribution in [-0.4, -0.2) is 68.1 Å². The molecule has 1 amide bonds. The number of rotatable bonds is 5. The van der Waals surface area contributed by atoms with Crippen molar-refractivity contribution in [2.75, 3.05) is 40.3 Å². The second-order valence-electron chi connectivity index (χ2n) is 9.36. The maximum Gasteiger partial charge on any atom is 0.230 e. The number of hydrogen-bond acceptors (Lipinski definition) is 4. The third kappa shape index (κ3) is 4.46. The van der Waals surface area contributed by atoms with Gasteiger partial charge in [0, 0.05) is 18.6 Å². The fourth-order valence-electron chi connectivity index (χ4n) is 5.67. The Balaban J connectivity index is 1.42. The summed E-state index contributed by atoms with van der Waals surface area (Å²) in [4.78, 5) is 18.6. The number of benzene rings is 1. The summed E-state index contributed by atoms with van der Waals surface area (Å²) in [7, 11) is 3.90. The van der Waals surface area contributed by atoms with Gasteiger partial charge in [0.1, 0.15) is 5.75 Å². The van der Waals surface area contributed by atoms with E-state index in [2.05, 4.69) is 34.3 Å². The normalized spacial score (nSPS) is 26.3. The number of amides is 1. The average molecular weight is 400 g/mol. The van der Waals surface area contributed by atoms with Gasteiger partial charge in [0.25, 0.3) is 0 Å². The molecule has 1 unspecified atom stereocenters. The first-order valence-corrected chi connectivity index (χ1v) is 11.5. The van der Waals surface area contributed by atoms with Gasteiger partial charge in [-0.1, -0.05) is 25.0 Å². The molecule has 160 valence electrons. The number of nitrogens with zero attached hydrogens (tertiary/aromatic N) is 2. The van der Waals surface area contributed by atoms with E-state index in [0.29, 0.717) is 6.04 Å². The van der Waals surface area contributed by atoms with Gasteiger partial charge < -0.3 is 15.0 Å². The maximum absolute atomic E-state index is 13.5. The summed E-state index contributed by atoms with van der Waals surface area (Å²) in [6.07, 6.45) is 8.98. The number of carbonyl (C=O) groups excluding carboxylic acids is 1. The molecular weight excluding hydrogens is 362 g/mol. The molecule has 1 aliphatic carbocycles. The van der Waals surface area contributed by atoms with E-state index >= 15 is 0 Å². The molecule has 1 atom stereocenters. The van der Waals surface area contributed by atoms with Gasteiger partial charge in [-0.25, -0.2) is 0 Å². The van der Waals surface area contributed by atoms with Gasteiger partial charge in [0.05, 0.1) is 12.5 Å². The highest BCUT2D eigenvalue weighted by atomic mass is 16.5. The zero-order valence-corrected chi connectivity index (χ0v) is 18.2. The number of piperidine rings is 2. The van der Waals surface area contributed by atoms with Gasteiger partial charge in [-0.3, -0.25) is 9.69 Å². The zero-order chi connectivity index (χ0) is 20.3. The Morgan fingerprint density at radius 2 is 1.72 bits per heavy atom. The molecule has 29 heavy (non-hydrogen) atoms. The van der Waals surface area contributed by atoms with Crippen molar-refractivity contribution in [1.82, 2.24) is 15.1 Å². The molecule has 3 fully saturated rings. The number of methoxy groups -OCH3 is 1. The van der Waals surface area contributed by atoms with E-state index in [1.807, 2.05) is 12.1 Å².